The Hall–Kier alpha value is -1.86. The summed E-state index contributed by atoms with van der Waals surface area (Å²) in [5, 5.41) is 3.12. The first-order valence-corrected chi connectivity index (χ1v) is 10.4. The smallest absolute Gasteiger partial charge is 0.271 e. The van der Waals surface area contributed by atoms with Crippen LogP contribution in [0.5, 0.6) is 0 Å². The Kier molecular flexibility index (Phi) is 5.47. The molecule has 3 aliphatic rings. The minimum atomic E-state index is -0.258. The third kappa shape index (κ3) is 3.57. The summed E-state index contributed by atoms with van der Waals surface area (Å²) in [5.74, 6) is 0.437. The molecule has 0 radical (unpaired) electrons. The van der Waals surface area contributed by atoms with E-state index in [0.717, 1.165) is 37.7 Å². The van der Waals surface area contributed by atoms with Crippen molar-refractivity contribution in [1.82, 2.24) is 15.2 Å². The molecule has 1 unspecified atom stereocenters. The molecule has 3 atom stereocenters. The summed E-state index contributed by atoms with van der Waals surface area (Å²) in [6.45, 7) is 3.62. The molecular weight excluding hydrogens is 358 g/mol. The van der Waals surface area contributed by atoms with Crippen LogP contribution in [0.25, 0.3) is 0 Å². The van der Waals surface area contributed by atoms with Gasteiger partial charge in [0.2, 0.25) is 5.91 Å². The SMILES string of the molecule is COC[C@@H]1CC[C@H]1NC(=O)CC1CN(C(=O)c2[nH]ccc2C)C2(CCC2)CO1. The van der Waals surface area contributed by atoms with E-state index in [1.165, 1.54) is 0 Å². The van der Waals surface area contributed by atoms with Gasteiger partial charge in [-0.3, -0.25) is 9.59 Å². The number of hydrogen-bond donors (Lipinski definition) is 2. The van der Waals surface area contributed by atoms with E-state index in [2.05, 4.69) is 10.3 Å². The lowest BCUT2D eigenvalue weighted by Crippen LogP contribution is -2.65. The lowest BCUT2D eigenvalue weighted by Gasteiger charge is -2.54. The number of amides is 2. The van der Waals surface area contributed by atoms with Crippen LogP contribution in [0, 0.1) is 12.8 Å². The van der Waals surface area contributed by atoms with Crippen molar-refractivity contribution in [3.05, 3.63) is 23.5 Å². The van der Waals surface area contributed by atoms with Gasteiger partial charge in [0.15, 0.2) is 0 Å². The summed E-state index contributed by atoms with van der Waals surface area (Å²) in [7, 11) is 1.70. The highest BCUT2D eigenvalue weighted by atomic mass is 16.5. The second kappa shape index (κ2) is 7.87. The van der Waals surface area contributed by atoms with Crippen LogP contribution in [-0.4, -0.2) is 66.3 Å². The topological polar surface area (TPSA) is 83.7 Å². The van der Waals surface area contributed by atoms with Crippen molar-refractivity contribution in [2.24, 2.45) is 5.92 Å². The molecule has 1 aromatic rings. The Morgan fingerprint density at radius 3 is 2.79 bits per heavy atom. The lowest BCUT2D eigenvalue weighted by molar-refractivity contribution is -0.142. The zero-order valence-corrected chi connectivity index (χ0v) is 16.8. The van der Waals surface area contributed by atoms with Crippen LogP contribution in [0.4, 0.5) is 0 Å². The van der Waals surface area contributed by atoms with Gasteiger partial charge in [-0.1, -0.05) is 0 Å². The molecule has 4 rings (SSSR count). The van der Waals surface area contributed by atoms with Crippen molar-refractivity contribution in [3.8, 4) is 0 Å². The van der Waals surface area contributed by atoms with Gasteiger partial charge in [-0.25, -0.2) is 0 Å². The predicted octanol–water partition coefficient (Wildman–Crippen LogP) is 2.02. The molecule has 1 aromatic heterocycles. The lowest BCUT2D eigenvalue weighted by atomic mass is 9.74. The van der Waals surface area contributed by atoms with Gasteiger partial charge in [-0.05, 0) is 50.7 Å². The van der Waals surface area contributed by atoms with Crippen LogP contribution in [0.15, 0.2) is 12.3 Å². The van der Waals surface area contributed by atoms with Gasteiger partial charge in [0, 0.05) is 31.8 Å². The predicted molar refractivity (Wildman–Crippen MR) is 104 cm³/mol. The molecular formula is C21H31N3O4. The molecule has 2 heterocycles. The fourth-order valence-electron chi connectivity index (χ4n) is 4.68. The first-order chi connectivity index (χ1) is 13.5. The van der Waals surface area contributed by atoms with Crippen LogP contribution in [0.1, 0.15) is 54.6 Å². The maximum absolute atomic E-state index is 13.2. The zero-order chi connectivity index (χ0) is 19.7. The third-order valence-electron chi connectivity index (χ3n) is 6.80. The molecule has 7 heteroatoms. The van der Waals surface area contributed by atoms with Gasteiger partial charge in [-0.15, -0.1) is 0 Å². The Morgan fingerprint density at radius 2 is 2.21 bits per heavy atom. The molecule has 2 aliphatic carbocycles. The number of hydrogen-bond acceptors (Lipinski definition) is 4. The van der Waals surface area contributed by atoms with Crippen LogP contribution in [0.2, 0.25) is 0 Å². The number of nitrogens with one attached hydrogen (secondary N) is 2. The van der Waals surface area contributed by atoms with Gasteiger partial charge in [0.1, 0.15) is 5.69 Å². The number of carbonyl (C=O) groups is 2. The molecule has 7 nitrogen and oxygen atoms in total. The minimum Gasteiger partial charge on any atom is -0.384 e. The molecule has 28 heavy (non-hydrogen) atoms. The second-order valence-corrected chi connectivity index (χ2v) is 8.63. The molecule has 1 aliphatic heterocycles. The van der Waals surface area contributed by atoms with Crippen molar-refractivity contribution in [1.29, 1.82) is 0 Å². The normalized spacial score (nSPS) is 28.5. The van der Waals surface area contributed by atoms with Crippen molar-refractivity contribution in [2.75, 3.05) is 26.9 Å². The minimum absolute atomic E-state index is 0.00353. The summed E-state index contributed by atoms with van der Waals surface area (Å²) in [4.78, 5) is 30.8. The van der Waals surface area contributed by atoms with Crippen LogP contribution < -0.4 is 5.32 Å². The number of aromatic amines is 1. The Labute approximate surface area is 166 Å². The molecule has 0 bridgehead atoms. The number of methoxy groups -OCH3 is 1. The molecule has 2 amide bonds. The fraction of sp³-hybridized carbons (Fsp3) is 0.714. The highest BCUT2D eigenvalue weighted by Crippen LogP contribution is 2.42. The molecule has 1 spiro atoms. The van der Waals surface area contributed by atoms with Gasteiger partial charge in [-0.2, -0.15) is 0 Å². The average Bonchev–Trinajstić information content (AvgIpc) is 3.07. The van der Waals surface area contributed by atoms with E-state index >= 15 is 0 Å². The van der Waals surface area contributed by atoms with Crippen molar-refractivity contribution >= 4 is 11.8 Å². The van der Waals surface area contributed by atoms with E-state index in [0.29, 0.717) is 37.8 Å². The second-order valence-electron chi connectivity index (χ2n) is 8.63. The summed E-state index contributed by atoms with van der Waals surface area (Å²) in [6.07, 6.45) is 6.99. The highest BCUT2D eigenvalue weighted by Gasteiger charge is 2.49. The molecule has 3 fully saturated rings. The zero-order valence-electron chi connectivity index (χ0n) is 16.8. The van der Waals surface area contributed by atoms with Gasteiger partial charge < -0.3 is 24.7 Å². The number of ether oxygens (including phenoxy) is 2. The van der Waals surface area contributed by atoms with Gasteiger partial charge >= 0.3 is 0 Å². The van der Waals surface area contributed by atoms with Crippen molar-refractivity contribution in [3.63, 3.8) is 0 Å². The van der Waals surface area contributed by atoms with E-state index in [1.54, 1.807) is 13.3 Å². The first kappa shape index (κ1) is 19.5. The van der Waals surface area contributed by atoms with Gasteiger partial charge in [0.05, 0.1) is 31.3 Å². The van der Waals surface area contributed by atoms with Crippen LogP contribution >= 0.6 is 0 Å². The third-order valence-corrected chi connectivity index (χ3v) is 6.80. The monoisotopic (exact) mass is 389 g/mol. The van der Waals surface area contributed by atoms with E-state index in [-0.39, 0.29) is 29.5 Å². The summed E-state index contributed by atoms with van der Waals surface area (Å²) in [6, 6.07) is 2.12. The average molecular weight is 389 g/mol. The number of H-pyrrole nitrogens is 1. The molecule has 1 saturated heterocycles. The summed E-state index contributed by atoms with van der Waals surface area (Å²) < 4.78 is 11.3. The summed E-state index contributed by atoms with van der Waals surface area (Å²) in [5.41, 5.74) is 1.40. The van der Waals surface area contributed by atoms with E-state index in [9.17, 15) is 9.59 Å². The van der Waals surface area contributed by atoms with Gasteiger partial charge in [0.25, 0.3) is 5.91 Å². The van der Waals surface area contributed by atoms with Crippen molar-refractivity contribution in [2.45, 2.75) is 63.1 Å². The highest BCUT2D eigenvalue weighted by molar-refractivity contribution is 5.94. The Morgan fingerprint density at radius 1 is 1.39 bits per heavy atom. The number of aryl methyl sites for hydroxylation is 1. The number of carbonyl (C=O) groups excluding carboxylic acids is 2. The van der Waals surface area contributed by atoms with E-state index in [4.69, 9.17) is 9.47 Å². The fourth-order valence-corrected chi connectivity index (χ4v) is 4.68. The van der Waals surface area contributed by atoms with Crippen molar-refractivity contribution < 1.29 is 19.1 Å². The number of morpholine rings is 1. The maximum Gasteiger partial charge on any atom is 0.271 e. The van der Waals surface area contributed by atoms with Crippen LogP contribution in [-0.2, 0) is 14.3 Å². The molecule has 2 saturated carbocycles. The Bertz CT molecular complexity index is 727. The Balaban J connectivity index is 1.38. The van der Waals surface area contributed by atoms with Crippen LogP contribution in [0.3, 0.4) is 0 Å². The maximum atomic E-state index is 13.2. The quantitative estimate of drug-likeness (QED) is 0.780. The molecule has 2 N–H and O–H groups in total. The number of aromatic nitrogens is 1. The largest absolute Gasteiger partial charge is 0.384 e. The molecule has 154 valence electrons. The standard InChI is InChI=1S/C21H31N3O4/c1-14-6-9-22-19(14)20(26)24-11-16(28-13-21(24)7-3-8-21)10-18(25)23-17-5-4-15(17)12-27-2/h6,9,15-17,22H,3-5,7-8,10-13H2,1-2H3,(H,23,25)/t15-,16?,17+/m0/s1. The first-order valence-electron chi connectivity index (χ1n) is 10.4. The number of rotatable bonds is 6. The van der Waals surface area contributed by atoms with E-state index in [1.807, 2.05) is 17.9 Å². The summed E-state index contributed by atoms with van der Waals surface area (Å²) >= 11 is 0. The van der Waals surface area contributed by atoms with E-state index < -0.39 is 0 Å². The molecule has 0 aromatic carbocycles. The number of nitrogens with zero attached hydrogens (tertiary/aromatic N) is 1.